The van der Waals surface area contributed by atoms with Crippen LogP contribution in [-0.2, 0) is 30.2 Å². The third-order valence-corrected chi connectivity index (χ3v) is 4.92. The van der Waals surface area contributed by atoms with E-state index in [2.05, 4.69) is 15.5 Å². The van der Waals surface area contributed by atoms with Gasteiger partial charge in [-0.25, -0.2) is 0 Å². The summed E-state index contributed by atoms with van der Waals surface area (Å²) in [6.45, 7) is 1.27. The Bertz CT molecular complexity index is 1120. The van der Waals surface area contributed by atoms with Gasteiger partial charge in [-0.15, -0.1) is 0 Å². The predicted molar refractivity (Wildman–Crippen MR) is 103 cm³/mol. The van der Waals surface area contributed by atoms with Crippen LogP contribution in [0.1, 0.15) is 28.9 Å². The Morgan fingerprint density at radius 3 is 2.50 bits per heavy atom. The third-order valence-electron chi connectivity index (χ3n) is 4.47. The summed E-state index contributed by atoms with van der Waals surface area (Å²) in [5.41, 5.74) is -1.26. The number of alkyl halides is 6. The molecule has 0 aliphatic rings. The molecule has 0 saturated heterocycles. The normalized spacial score (nSPS) is 12.2. The van der Waals surface area contributed by atoms with Crippen LogP contribution in [0.4, 0.5) is 32.0 Å². The summed E-state index contributed by atoms with van der Waals surface area (Å²) in [5, 5.41) is 9.42. The fourth-order valence-electron chi connectivity index (χ4n) is 2.90. The summed E-state index contributed by atoms with van der Waals surface area (Å²) >= 11 is 5.67. The molecule has 0 fully saturated rings. The number of benzene rings is 1. The van der Waals surface area contributed by atoms with Crippen LogP contribution in [0.3, 0.4) is 0 Å². The van der Waals surface area contributed by atoms with E-state index in [0.717, 1.165) is 16.8 Å². The molecule has 3 rings (SSSR count). The molecule has 0 bridgehead atoms. The van der Waals surface area contributed by atoms with Gasteiger partial charge in [0, 0.05) is 12.6 Å². The molecule has 3 aromatic rings. The number of amides is 1. The number of aromatic nitrogens is 4. The van der Waals surface area contributed by atoms with Crippen LogP contribution in [0.25, 0.3) is 0 Å². The minimum atomic E-state index is -4.70. The van der Waals surface area contributed by atoms with Crippen molar-refractivity contribution in [1.82, 2.24) is 19.6 Å². The highest BCUT2D eigenvalue weighted by Gasteiger charge is 2.38. The summed E-state index contributed by atoms with van der Waals surface area (Å²) in [7, 11) is 0. The first kappa shape index (κ1) is 23.6. The number of carbonyl (C=O) groups excluding carboxylic acids is 1. The van der Waals surface area contributed by atoms with Gasteiger partial charge in [0.05, 0.1) is 41.3 Å². The van der Waals surface area contributed by atoms with E-state index in [-0.39, 0.29) is 30.9 Å². The first-order valence-electron chi connectivity index (χ1n) is 9.13. The van der Waals surface area contributed by atoms with Crippen molar-refractivity contribution in [2.45, 2.75) is 38.8 Å². The van der Waals surface area contributed by atoms with Gasteiger partial charge >= 0.3 is 12.4 Å². The number of hydrogen-bond donors (Lipinski definition) is 1. The SMILES string of the molecule is Cc1c(Cl)c(C(F)(F)F)nn1CCC(=O)Nc1cnn(Cc2cccc(C(F)(F)F)c2)c1. The maximum Gasteiger partial charge on any atom is 0.436 e. The van der Waals surface area contributed by atoms with Crippen molar-refractivity contribution in [2.75, 3.05) is 5.32 Å². The average Bonchev–Trinajstić information content (AvgIpc) is 3.24. The fourth-order valence-corrected chi connectivity index (χ4v) is 3.14. The molecule has 0 aliphatic heterocycles. The summed E-state index contributed by atoms with van der Waals surface area (Å²) in [5.74, 6) is -0.511. The first-order chi connectivity index (χ1) is 14.8. The number of nitrogens with one attached hydrogen (secondary N) is 1. The van der Waals surface area contributed by atoms with E-state index in [1.165, 1.54) is 36.1 Å². The Labute approximate surface area is 182 Å². The van der Waals surface area contributed by atoms with E-state index in [9.17, 15) is 31.1 Å². The molecular formula is C19H16ClF6N5O. The highest BCUT2D eigenvalue weighted by atomic mass is 35.5. The van der Waals surface area contributed by atoms with Crippen molar-refractivity contribution >= 4 is 23.2 Å². The highest BCUT2D eigenvalue weighted by molar-refractivity contribution is 6.31. The number of halogens is 7. The molecular weight excluding hydrogens is 464 g/mol. The van der Waals surface area contributed by atoms with E-state index >= 15 is 0 Å². The third kappa shape index (κ3) is 5.61. The Kier molecular flexibility index (Phi) is 6.54. The van der Waals surface area contributed by atoms with Crippen LogP contribution in [0, 0.1) is 6.92 Å². The van der Waals surface area contributed by atoms with Gasteiger partial charge in [0.15, 0.2) is 5.69 Å². The molecule has 0 atom stereocenters. The van der Waals surface area contributed by atoms with Crippen LogP contribution in [0.2, 0.25) is 5.02 Å². The lowest BCUT2D eigenvalue weighted by atomic mass is 10.1. The second-order valence-corrected chi connectivity index (χ2v) is 7.27. The number of aryl methyl sites for hydroxylation is 1. The van der Waals surface area contributed by atoms with Crippen molar-refractivity contribution in [2.24, 2.45) is 0 Å². The van der Waals surface area contributed by atoms with Crippen LogP contribution < -0.4 is 5.32 Å². The van der Waals surface area contributed by atoms with Crippen molar-refractivity contribution < 1.29 is 31.1 Å². The van der Waals surface area contributed by atoms with Crippen LogP contribution in [0.15, 0.2) is 36.7 Å². The van der Waals surface area contributed by atoms with Gasteiger partial charge in [0.2, 0.25) is 5.91 Å². The number of anilines is 1. The predicted octanol–water partition coefficient (Wildman–Crippen LogP) is 5.16. The summed E-state index contributed by atoms with van der Waals surface area (Å²) in [4.78, 5) is 12.1. The minimum absolute atomic E-state index is 0.0466. The Hall–Kier alpha value is -3.02. The lowest BCUT2D eigenvalue weighted by molar-refractivity contribution is -0.141. The lowest BCUT2D eigenvalue weighted by Crippen LogP contribution is -2.16. The van der Waals surface area contributed by atoms with Crippen LogP contribution in [0.5, 0.6) is 0 Å². The minimum Gasteiger partial charge on any atom is -0.323 e. The number of carbonyl (C=O) groups is 1. The monoisotopic (exact) mass is 479 g/mol. The summed E-state index contributed by atoms with van der Waals surface area (Å²) < 4.78 is 79.4. The van der Waals surface area contributed by atoms with E-state index in [1.54, 1.807) is 0 Å². The largest absolute Gasteiger partial charge is 0.436 e. The topological polar surface area (TPSA) is 64.7 Å². The number of rotatable bonds is 6. The van der Waals surface area contributed by atoms with E-state index < -0.39 is 34.5 Å². The Morgan fingerprint density at radius 2 is 1.88 bits per heavy atom. The van der Waals surface area contributed by atoms with Crippen molar-refractivity contribution in [1.29, 1.82) is 0 Å². The molecule has 1 aromatic carbocycles. The molecule has 13 heteroatoms. The van der Waals surface area contributed by atoms with Crippen LogP contribution in [-0.4, -0.2) is 25.5 Å². The molecule has 1 N–H and O–H groups in total. The maximum absolute atomic E-state index is 12.9. The molecule has 0 unspecified atom stereocenters. The zero-order chi connectivity index (χ0) is 23.7. The van der Waals surface area contributed by atoms with Gasteiger partial charge in [0.1, 0.15) is 0 Å². The van der Waals surface area contributed by atoms with Crippen molar-refractivity contribution in [3.63, 3.8) is 0 Å². The van der Waals surface area contributed by atoms with E-state index in [0.29, 0.717) is 5.56 Å². The zero-order valence-corrected chi connectivity index (χ0v) is 17.2. The highest BCUT2D eigenvalue weighted by Crippen LogP contribution is 2.35. The standard InChI is InChI=1S/C19H16ClF6N5O/c1-11-16(20)17(19(24,25)26)29-31(11)6-5-15(32)28-14-8-27-30(10-14)9-12-3-2-4-13(7-12)18(21,22)23/h2-4,7-8,10H,5-6,9H2,1H3,(H,28,32). The Morgan fingerprint density at radius 1 is 1.16 bits per heavy atom. The fraction of sp³-hybridized carbons (Fsp3) is 0.316. The van der Waals surface area contributed by atoms with E-state index in [4.69, 9.17) is 11.6 Å². The van der Waals surface area contributed by atoms with Gasteiger partial charge in [-0.2, -0.15) is 36.5 Å². The van der Waals surface area contributed by atoms with Gasteiger partial charge in [0.25, 0.3) is 0 Å². The molecule has 0 aliphatic carbocycles. The van der Waals surface area contributed by atoms with Crippen molar-refractivity contribution in [3.8, 4) is 0 Å². The molecule has 172 valence electrons. The molecule has 32 heavy (non-hydrogen) atoms. The quantitative estimate of drug-likeness (QED) is 0.497. The smallest absolute Gasteiger partial charge is 0.323 e. The summed E-state index contributed by atoms with van der Waals surface area (Å²) in [6, 6.07) is 4.77. The average molecular weight is 480 g/mol. The first-order valence-corrected chi connectivity index (χ1v) is 9.51. The molecule has 1 amide bonds. The number of hydrogen-bond acceptors (Lipinski definition) is 3. The molecule has 6 nitrogen and oxygen atoms in total. The second kappa shape index (κ2) is 8.85. The van der Waals surface area contributed by atoms with Crippen LogP contribution >= 0.6 is 11.6 Å². The molecule has 2 heterocycles. The van der Waals surface area contributed by atoms with Gasteiger partial charge in [-0.3, -0.25) is 14.2 Å². The van der Waals surface area contributed by atoms with E-state index in [1.807, 2.05) is 0 Å². The lowest BCUT2D eigenvalue weighted by Gasteiger charge is -2.08. The van der Waals surface area contributed by atoms with Gasteiger partial charge in [-0.1, -0.05) is 23.7 Å². The molecule has 0 spiro atoms. The van der Waals surface area contributed by atoms with Gasteiger partial charge in [-0.05, 0) is 24.6 Å². The zero-order valence-electron chi connectivity index (χ0n) is 16.4. The van der Waals surface area contributed by atoms with Gasteiger partial charge < -0.3 is 5.32 Å². The van der Waals surface area contributed by atoms with Crippen molar-refractivity contribution in [3.05, 3.63) is 64.2 Å². The molecule has 0 saturated carbocycles. The maximum atomic E-state index is 12.9. The Balaban J connectivity index is 1.59. The second-order valence-electron chi connectivity index (χ2n) is 6.89. The summed E-state index contributed by atoms with van der Waals surface area (Å²) in [6.07, 6.45) is -6.62. The number of nitrogens with zero attached hydrogens (tertiary/aromatic N) is 4. The molecule has 0 radical (unpaired) electrons. The molecule has 2 aromatic heterocycles.